The molecular weight excluding hydrogens is 392 g/mol. The van der Waals surface area contributed by atoms with E-state index in [1.807, 2.05) is 25.2 Å². The van der Waals surface area contributed by atoms with Crippen LogP contribution in [0.4, 0.5) is 0 Å². The van der Waals surface area contributed by atoms with Gasteiger partial charge in [0, 0.05) is 45.6 Å². The summed E-state index contributed by atoms with van der Waals surface area (Å²) < 4.78 is 7.70. The molecule has 3 atom stereocenters. The van der Waals surface area contributed by atoms with E-state index in [9.17, 15) is 9.90 Å². The van der Waals surface area contributed by atoms with E-state index in [0.29, 0.717) is 6.42 Å². The highest BCUT2D eigenvalue weighted by Gasteiger charge is 2.38. The number of imidazole rings is 1. The van der Waals surface area contributed by atoms with Crippen molar-refractivity contribution in [1.29, 1.82) is 0 Å². The fourth-order valence-electron chi connectivity index (χ4n) is 5.29. The number of carbonyl (C=O) groups is 1. The summed E-state index contributed by atoms with van der Waals surface area (Å²) >= 11 is 0. The van der Waals surface area contributed by atoms with Crippen LogP contribution >= 0.6 is 0 Å². The molecule has 1 amide bonds. The third-order valence-electron chi connectivity index (χ3n) is 7.03. The molecule has 1 saturated carbocycles. The minimum absolute atomic E-state index is 0.102. The number of rotatable bonds is 7. The number of carbonyl (C=O) groups excluding carboxylic acids is 1. The average Bonchev–Trinajstić information content (AvgIpc) is 3.16. The molecule has 0 spiro atoms. The summed E-state index contributed by atoms with van der Waals surface area (Å²) in [6.07, 6.45) is 4.44. The molecule has 4 rings (SSSR count). The van der Waals surface area contributed by atoms with Crippen LogP contribution in [0.5, 0.6) is 0 Å². The van der Waals surface area contributed by atoms with Crippen molar-refractivity contribution in [2.75, 3.05) is 33.4 Å². The topological polar surface area (TPSA) is 70.8 Å². The molecule has 1 saturated heterocycles. The fourth-order valence-corrected chi connectivity index (χ4v) is 5.29. The summed E-state index contributed by atoms with van der Waals surface area (Å²) in [7, 11) is 1.86. The van der Waals surface area contributed by atoms with Gasteiger partial charge in [-0.05, 0) is 44.7 Å². The third-order valence-corrected chi connectivity index (χ3v) is 7.03. The molecule has 0 bridgehead atoms. The SMILES string of the molecule is CCn1c(CCCC(=O)N(C)[C@@H]2CCC[C@@H](N3CCOCC3)[C@@H]2O)nc2ccccc21. The number of nitrogens with zero attached hydrogens (tertiary/aromatic N) is 4. The molecule has 1 aromatic heterocycles. The van der Waals surface area contributed by atoms with Crippen LogP contribution in [0.1, 0.15) is 44.9 Å². The Morgan fingerprint density at radius 1 is 1.26 bits per heavy atom. The van der Waals surface area contributed by atoms with Crippen molar-refractivity contribution >= 4 is 16.9 Å². The van der Waals surface area contributed by atoms with E-state index < -0.39 is 6.10 Å². The number of para-hydroxylation sites is 2. The van der Waals surface area contributed by atoms with E-state index in [1.165, 1.54) is 0 Å². The Morgan fingerprint density at radius 3 is 2.81 bits per heavy atom. The number of hydrogen-bond donors (Lipinski definition) is 1. The lowest BCUT2D eigenvalue weighted by atomic mass is 9.86. The number of aliphatic hydroxyl groups is 1. The van der Waals surface area contributed by atoms with Crippen LogP contribution in [0.2, 0.25) is 0 Å². The number of likely N-dealkylation sites (N-methyl/N-ethyl adjacent to an activating group) is 1. The van der Waals surface area contributed by atoms with Crippen LogP contribution in [0.25, 0.3) is 11.0 Å². The number of amides is 1. The number of hydrogen-bond acceptors (Lipinski definition) is 5. The molecule has 1 aliphatic carbocycles. The Hall–Kier alpha value is -1.96. The summed E-state index contributed by atoms with van der Waals surface area (Å²) in [6, 6.07) is 8.22. The first-order chi connectivity index (χ1) is 15.1. The summed E-state index contributed by atoms with van der Waals surface area (Å²) in [4.78, 5) is 21.9. The van der Waals surface area contributed by atoms with Gasteiger partial charge in [0.25, 0.3) is 0 Å². The van der Waals surface area contributed by atoms with Gasteiger partial charge in [-0.15, -0.1) is 0 Å². The van der Waals surface area contributed by atoms with Gasteiger partial charge < -0.3 is 19.3 Å². The zero-order valence-corrected chi connectivity index (χ0v) is 18.9. The van der Waals surface area contributed by atoms with Crippen molar-refractivity contribution in [1.82, 2.24) is 19.4 Å². The number of morpholine rings is 1. The Kier molecular flexibility index (Phi) is 7.25. The summed E-state index contributed by atoms with van der Waals surface area (Å²) in [5.41, 5.74) is 2.17. The molecular formula is C24H36N4O3. The third kappa shape index (κ3) is 4.78. The van der Waals surface area contributed by atoms with E-state index in [2.05, 4.69) is 22.5 Å². The molecule has 0 radical (unpaired) electrons. The van der Waals surface area contributed by atoms with Crippen molar-refractivity contribution in [2.24, 2.45) is 0 Å². The van der Waals surface area contributed by atoms with Crippen LogP contribution in [-0.2, 0) is 22.5 Å². The highest BCUT2D eigenvalue weighted by Crippen LogP contribution is 2.28. The van der Waals surface area contributed by atoms with E-state index in [0.717, 1.165) is 81.8 Å². The predicted octanol–water partition coefficient (Wildman–Crippen LogP) is 2.45. The second-order valence-electron chi connectivity index (χ2n) is 8.82. The second-order valence-corrected chi connectivity index (χ2v) is 8.82. The van der Waals surface area contributed by atoms with Gasteiger partial charge >= 0.3 is 0 Å². The van der Waals surface area contributed by atoms with Crippen molar-refractivity contribution in [2.45, 2.75) is 70.2 Å². The first-order valence-corrected chi connectivity index (χ1v) is 11.8. The molecule has 2 heterocycles. The van der Waals surface area contributed by atoms with Crippen molar-refractivity contribution < 1.29 is 14.6 Å². The minimum atomic E-state index is -0.495. The Labute approximate surface area is 185 Å². The van der Waals surface area contributed by atoms with Crippen molar-refractivity contribution in [3.63, 3.8) is 0 Å². The number of ether oxygens (including phenoxy) is 1. The van der Waals surface area contributed by atoms with Crippen LogP contribution in [-0.4, -0.2) is 81.9 Å². The average molecular weight is 429 g/mol. The molecule has 7 heteroatoms. The predicted molar refractivity (Wildman–Crippen MR) is 121 cm³/mol. The number of aromatic nitrogens is 2. The smallest absolute Gasteiger partial charge is 0.222 e. The maximum Gasteiger partial charge on any atom is 0.222 e. The number of aliphatic hydroxyl groups excluding tert-OH is 1. The fraction of sp³-hybridized carbons (Fsp3) is 0.667. The lowest BCUT2D eigenvalue weighted by Gasteiger charge is -2.45. The molecule has 2 fully saturated rings. The van der Waals surface area contributed by atoms with E-state index in [4.69, 9.17) is 9.72 Å². The molecule has 2 aromatic rings. The summed E-state index contributed by atoms with van der Waals surface area (Å²) in [5.74, 6) is 1.16. The van der Waals surface area contributed by atoms with Gasteiger partial charge in [0.1, 0.15) is 5.82 Å². The second kappa shape index (κ2) is 10.1. The largest absolute Gasteiger partial charge is 0.389 e. The lowest BCUT2D eigenvalue weighted by molar-refractivity contribution is -0.138. The quantitative estimate of drug-likeness (QED) is 0.734. The van der Waals surface area contributed by atoms with Crippen molar-refractivity contribution in [3.05, 3.63) is 30.1 Å². The highest BCUT2D eigenvalue weighted by atomic mass is 16.5. The maximum atomic E-state index is 12.9. The first-order valence-electron chi connectivity index (χ1n) is 11.8. The summed E-state index contributed by atoms with van der Waals surface area (Å²) in [5, 5.41) is 11.1. The minimum Gasteiger partial charge on any atom is -0.389 e. The highest BCUT2D eigenvalue weighted by molar-refractivity contribution is 5.77. The van der Waals surface area contributed by atoms with Crippen LogP contribution in [0, 0.1) is 0 Å². The van der Waals surface area contributed by atoms with Gasteiger partial charge in [0.2, 0.25) is 5.91 Å². The van der Waals surface area contributed by atoms with Gasteiger partial charge in [0.05, 0.1) is 36.4 Å². The molecule has 1 aliphatic heterocycles. The molecule has 2 aliphatic rings. The Balaban J connectivity index is 1.33. The van der Waals surface area contributed by atoms with Gasteiger partial charge in [-0.25, -0.2) is 4.98 Å². The summed E-state index contributed by atoms with van der Waals surface area (Å²) in [6.45, 7) is 6.19. The normalized spacial score (nSPS) is 25.1. The molecule has 170 valence electrons. The van der Waals surface area contributed by atoms with Crippen LogP contribution in [0.15, 0.2) is 24.3 Å². The molecule has 0 unspecified atom stereocenters. The van der Waals surface area contributed by atoms with E-state index in [-0.39, 0.29) is 18.0 Å². The molecule has 1 aromatic carbocycles. The van der Waals surface area contributed by atoms with Gasteiger partial charge in [0.15, 0.2) is 0 Å². The zero-order valence-electron chi connectivity index (χ0n) is 18.9. The lowest BCUT2D eigenvalue weighted by Crippen LogP contribution is -2.58. The van der Waals surface area contributed by atoms with Gasteiger partial charge in [-0.2, -0.15) is 0 Å². The standard InChI is InChI=1S/C24H36N4O3/c1-3-28-19-9-5-4-8-18(19)25-22(28)12-7-13-23(29)26(2)20-10-6-11-21(24(20)30)27-14-16-31-17-15-27/h4-5,8-9,20-21,24,30H,3,6-7,10-17H2,1-2H3/t20-,21-,24-/m1/s1. The number of benzene rings is 1. The maximum absolute atomic E-state index is 12.9. The Bertz CT molecular complexity index is 877. The van der Waals surface area contributed by atoms with Crippen LogP contribution in [0.3, 0.4) is 0 Å². The molecule has 31 heavy (non-hydrogen) atoms. The van der Waals surface area contributed by atoms with E-state index in [1.54, 1.807) is 4.90 Å². The Morgan fingerprint density at radius 2 is 2.03 bits per heavy atom. The molecule has 1 N–H and O–H groups in total. The van der Waals surface area contributed by atoms with Gasteiger partial charge in [-0.1, -0.05) is 12.1 Å². The van der Waals surface area contributed by atoms with Crippen LogP contribution < -0.4 is 0 Å². The van der Waals surface area contributed by atoms with Crippen molar-refractivity contribution in [3.8, 4) is 0 Å². The molecule has 7 nitrogen and oxygen atoms in total. The zero-order chi connectivity index (χ0) is 21.8. The number of aryl methyl sites for hydroxylation is 2. The van der Waals surface area contributed by atoms with Gasteiger partial charge in [-0.3, -0.25) is 9.69 Å². The first kappa shape index (κ1) is 22.2. The monoisotopic (exact) mass is 428 g/mol. The number of fused-ring (bicyclic) bond motifs is 1. The van der Waals surface area contributed by atoms with E-state index >= 15 is 0 Å².